The smallest absolute Gasteiger partial charge is 0.227 e. The molecule has 138 valence electrons. The molecule has 2 aliphatic heterocycles. The fourth-order valence-corrected chi connectivity index (χ4v) is 4.38. The van der Waals surface area contributed by atoms with Crippen molar-refractivity contribution in [1.82, 2.24) is 19.7 Å². The van der Waals surface area contributed by atoms with Gasteiger partial charge in [0.1, 0.15) is 11.6 Å². The maximum Gasteiger partial charge on any atom is 0.227 e. The molecule has 1 saturated heterocycles. The molecule has 0 N–H and O–H groups in total. The van der Waals surface area contributed by atoms with Crippen molar-refractivity contribution < 1.29 is 4.79 Å². The van der Waals surface area contributed by atoms with E-state index in [-0.39, 0.29) is 5.91 Å². The number of halogens is 1. The van der Waals surface area contributed by atoms with Crippen LogP contribution >= 0.6 is 15.9 Å². The highest BCUT2D eigenvalue weighted by molar-refractivity contribution is 9.10. The second kappa shape index (κ2) is 7.91. The van der Waals surface area contributed by atoms with Crippen LogP contribution in [0.1, 0.15) is 55.2 Å². The van der Waals surface area contributed by atoms with E-state index in [1.54, 1.807) is 0 Å². The number of aryl methyl sites for hydroxylation is 1. The van der Waals surface area contributed by atoms with Crippen LogP contribution in [0.5, 0.6) is 0 Å². The van der Waals surface area contributed by atoms with Gasteiger partial charge in [0.25, 0.3) is 0 Å². The van der Waals surface area contributed by atoms with Crippen LogP contribution in [0, 0.1) is 0 Å². The molecule has 0 spiro atoms. The lowest BCUT2D eigenvalue weighted by atomic mass is 9.96. The Balaban J connectivity index is 1.45. The minimum absolute atomic E-state index is 0.215. The van der Waals surface area contributed by atoms with E-state index in [4.69, 9.17) is 0 Å². The fraction of sp³-hybridized carbons (Fsp3) is 0.550. The predicted octanol–water partition coefficient (Wildman–Crippen LogP) is 3.72. The molecule has 4 rings (SSSR count). The molecule has 0 aliphatic carbocycles. The van der Waals surface area contributed by atoms with Crippen molar-refractivity contribution >= 4 is 21.8 Å². The molecule has 3 heterocycles. The number of piperidine rings is 1. The van der Waals surface area contributed by atoms with Gasteiger partial charge in [-0.05, 0) is 43.4 Å². The van der Waals surface area contributed by atoms with Gasteiger partial charge in [-0.15, -0.1) is 10.2 Å². The summed E-state index contributed by atoms with van der Waals surface area (Å²) in [5.74, 6) is 2.77. The Kier molecular flexibility index (Phi) is 5.38. The number of likely N-dealkylation sites (tertiary alicyclic amines) is 1. The van der Waals surface area contributed by atoms with Crippen LogP contribution in [0.2, 0.25) is 0 Å². The SMILES string of the molecule is O=C(Cc1ccc(Br)cc1)N1CCC[C@H](c2nnc3n2CCCCC3)C1. The Hall–Kier alpha value is -1.69. The van der Waals surface area contributed by atoms with Crippen LogP contribution in [-0.2, 0) is 24.2 Å². The van der Waals surface area contributed by atoms with Crippen molar-refractivity contribution in [2.75, 3.05) is 13.1 Å². The van der Waals surface area contributed by atoms with Gasteiger partial charge >= 0.3 is 0 Å². The van der Waals surface area contributed by atoms with Crippen molar-refractivity contribution in [2.45, 2.75) is 57.4 Å². The van der Waals surface area contributed by atoms with E-state index in [9.17, 15) is 4.79 Å². The van der Waals surface area contributed by atoms with Gasteiger partial charge in [0.2, 0.25) is 5.91 Å². The summed E-state index contributed by atoms with van der Waals surface area (Å²) < 4.78 is 3.37. The molecule has 2 aliphatic rings. The highest BCUT2D eigenvalue weighted by Crippen LogP contribution is 2.28. The molecule has 0 saturated carbocycles. The number of fused-ring (bicyclic) bond motifs is 1. The molecule has 6 heteroatoms. The second-order valence-corrected chi connectivity index (χ2v) is 8.33. The predicted molar refractivity (Wildman–Crippen MR) is 104 cm³/mol. The molecule has 1 amide bonds. The summed E-state index contributed by atoms with van der Waals surface area (Å²) in [5, 5.41) is 8.96. The molecule has 1 fully saturated rings. The van der Waals surface area contributed by atoms with E-state index >= 15 is 0 Å². The molecule has 1 aromatic carbocycles. The summed E-state index contributed by atoms with van der Waals surface area (Å²) in [6.07, 6.45) is 7.33. The summed E-state index contributed by atoms with van der Waals surface area (Å²) >= 11 is 3.44. The maximum absolute atomic E-state index is 12.8. The van der Waals surface area contributed by atoms with E-state index in [1.165, 1.54) is 19.3 Å². The highest BCUT2D eigenvalue weighted by Gasteiger charge is 2.29. The van der Waals surface area contributed by atoms with Gasteiger partial charge in [-0.25, -0.2) is 0 Å². The van der Waals surface area contributed by atoms with Crippen LogP contribution in [0.3, 0.4) is 0 Å². The largest absolute Gasteiger partial charge is 0.342 e. The van der Waals surface area contributed by atoms with Gasteiger partial charge in [-0.3, -0.25) is 4.79 Å². The van der Waals surface area contributed by atoms with Crippen molar-refractivity contribution in [3.8, 4) is 0 Å². The average molecular weight is 417 g/mol. The van der Waals surface area contributed by atoms with Gasteiger partial charge in [-0.1, -0.05) is 34.5 Å². The lowest BCUT2D eigenvalue weighted by Crippen LogP contribution is -2.40. The first-order valence-electron chi connectivity index (χ1n) is 9.65. The Labute approximate surface area is 162 Å². The molecule has 1 atom stereocenters. The van der Waals surface area contributed by atoms with Gasteiger partial charge in [0.15, 0.2) is 0 Å². The van der Waals surface area contributed by atoms with Crippen molar-refractivity contribution in [1.29, 1.82) is 0 Å². The standard InChI is InChI=1S/C20H25BrN4O/c21-17-9-7-15(8-10-17)13-19(26)24-11-4-5-16(14-24)20-23-22-18-6-2-1-3-12-25(18)20/h7-10,16H,1-6,11-14H2/t16-/m0/s1. The first-order chi connectivity index (χ1) is 12.7. The highest BCUT2D eigenvalue weighted by atomic mass is 79.9. The summed E-state index contributed by atoms with van der Waals surface area (Å²) in [6, 6.07) is 8.02. The molecular weight excluding hydrogens is 392 g/mol. The van der Waals surface area contributed by atoms with Crippen molar-refractivity contribution in [3.63, 3.8) is 0 Å². The molecule has 5 nitrogen and oxygen atoms in total. The minimum Gasteiger partial charge on any atom is -0.342 e. The first kappa shape index (κ1) is 17.7. The lowest BCUT2D eigenvalue weighted by Gasteiger charge is -2.32. The molecule has 2 aromatic rings. The van der Waals surface area contributed by atoms with Crippen molar-refractivity contribution in [3.05, 3.63) is 46.0 Å². The van der Waals surface area contributed by atoms with Crippen LogP contribution in [0.25, 0.3) is 0 Å². The number of carbonyl (C=O) groups excluding carboxylic acids is 1. The monoisotopic (exact) mass is 416 g/mol. The van der Waals surface area contributed by atoms with E-state index in [0.717, 1.165) is 60.6 Å². The third kappa shape index (κ3) is 3.85. The Bertz CT molecular complexity index is 771. The van der Waals surface area contributed by atoms with Crippen LogP contribution < -0.4 is 0 Å². The number of rotatable bonds is 3. The topological polar surface area (TPSA) is 51.0 Å². The third-order valence-corrected chi connectivity index (χ3v) is 6.07. The first-order valence-corrected chi connectivity index (χ1v) is 10.4. The number of aromatic nitrogens is 3. The maximum atomic E-state index is 12.8. The molecule has 0 radical (unpaired) electrons. The van der Waals surface area contributed by atoms with Crippen LogP contribution in [-0.4, -0.2) is 38.7 Å². The van der Waals surface area contributed by atoms with Gasteiger partial charge < -0.3 is 9.47 Å². The second-order valence-electron chi connectivity index (χ2n) is 7.42. The zero-order chi connectivity index (χ0) is 17.9. The zero-order valence-electron chi connectivity index (χ0n) is 15.0. The van der Waals surface area contributed by atoms with E-state index in [2.05, 4.69) is 30.7 Å². The van der Waals surface area contributed by atoms with E-state index in [1.807, 2.05) is 29.2 Å². The van der Waals surface area contributed by atoms with Crippen molar-refractivity contribution in [2.24, 2.45) is 0 Å². The summed E-state index contributed by atoms with van der Waals surface area (Å²) in [5.41, 5.74) is 1.07. The van der Waals surface area contributed by atoms with Gasteiger partial charge in [0.05, 0.1) is 6.42 Å². The zero-order valence-corrected chi connectivity index (χ0v) is 16.6. The molecule has 26 heavy (non-hydrogen) atoms. The van der Waals surface area contributed by atoms with E-state index < -0.39 is 0 Å². The van der Waals surface area contributed by atoms with E-state index in [0.29, 0.717) is 12.3 Å². The fourth-order valence-electron chi connectivity index (χ4n) is 4.11. The number of hydrogen-bond acceptors (Lipinski definition) is 3. The number of amides is 1. The number of benzene rings is 1. The molecule has 0 unspecified atom stereocenters. The van der Waals surface area contributed by atoms with Crippen LogP contribution in [0.4, 0.5) is 0 Å². The summed E-state index contributed by atoms with van der Waals surface area (Å²) in [6.45, 7) is 2.65. The number of carbonyl (C=O) groups is 1. The molecule has 1 aromatic heterocycles. The number of hydrogen-bond donors (Lipinski definition) is 0. The molecule has 0 bridgehead atoms. The van der Waals surface area contributed by atoms with Crippen LogP contribution in [0.15, 0.2) is 28.7 Å². The van der Waals surface area contributed by atoms with Gasteiger partial charge in [-0.2, -0.15) is 0 Å². The summed E-state index contributed by atoms with van der Waals surface area (Å²) in [4.78, 5) is 14.8. The third-order valence-electron chi connectivity index (χ3n) is 5.55. The Morgan fingerprint density at radius 3 is 2.77 bits per heavy atom. The molecular formula is C20H25BrN4O. The quantitative estimate of drug-likeness (QED) is 0.765. The average Bonchev–Trinajstić information content (AvgIpc) is 2.92. The van der Waals surface area contributed by atoms with Gasteiger partial charge in [0, 0.05) is 36.4 Å². The Morgan fingerprint density at radius 2 is 1.92 bits per heavy atom. The number of nitrogens with zero attached hydrogens (tertiary/aromatic N) is 4. The lowest BCUT2D eigenvalue weighted by molar-refractivity contribution is -0.131. The Morgan fingerprint density at radius 1 is 1.08 bits per heavy atom. The summed E-state index contributed by atoms with van der Waals surface area (Å²) in [7, 11) is 0. The minimum atomic E-state index is 0.215. The normalized spacial score (nSPS) is 20.5.